The molecule has 0 radical (unpaired) electrons. The zero-order valence-corrected chi connectivity index (χ0v) is 10.5. The van der Waals surface area contributed by atoms with E-state index in [9.17, 15) is 4.79 Å². The standard InChI is InChI=1S/C13H24N2O/c1-10(2)9-14-12-5-7-15(8-6-12)13(16)11-3-4-11/h10-12,14H,3-9H2,1-2H3. The molecule has 1 saturated carbocycles. The van der Waals surface area contributed by atoms with E-state index >= 15 is 0 Å². The summed E-state index contributed by atoms with van der Waals surface area (Å²) in [6.45, 7) is 7.49. The maximum absolute atomic E-state index is 11.8. The van der Waals surface area contributed by atoms with Crippen LogP contribution >= 0.6 is 0 Å². The van der Waals surface area contributed by atoms with Gasteiger partial charge in [0.2, 0.25) is 5.91 Å². The zero-order valence-electron chi connectivity index (χ0n) is 10.5. The van der Waals surface area contributed by atoms with Gasteiger partial charge in [-0.25, -0.2) is 0 Å². The van der Waals surface area contributed by atoms with Crippen LogP contribution < -0.4 is 5.32 Å². The van der Waals surface area contributed by atoms with Crippen LogP contribution in [0.3, 0.4) is 0 Å². The second-order valence-corrected chi connectivity index (χ2v) is 5.68. The summed E-state index contributed by atoms with van der Waals surface area (Å²) >= 11 is 0. The van der Waals surface area contributed by atoms with Gasteiger partial charge in [0.15, 0.2) is 0 Å². The van der Waals surface area contributed by atoms with Gasteiger partial charge >= 0.3 is 0 Å². The number of rotatable bonds is 4. The van der Waals surface area contributed by atoms with Gasteiger partial charge in [0.25, 0.3) is 0 Å². The quantitative estimate of drug-likeness (QED) is 0.787. The number of hydrogen-bond donors (Lipinski definition) is 1. The van der Waals surface area contributed by atoms with E-state index in [0.717, 1.165) is 45.3 Å². The van der Waals surface area contributed by atoms with E-state index in [1.165, 1.54) is 0 Å². The molecule has 1 aliphatic heterocycles. The molecule has 0 aromatic rings. The Hall–Kier alpha value is -0.570. The Morgan fingerprint density at radius 2 is 1.88 bits per heavy atom. The molecule has 2 fully saturated rings. The third-order valence-electron chi connectivity index (χ3n) is 3.55. The number of carbonyl (C=O) groups is 1. The predicted octanol–water partition coefficient (Wildman–Crippen LogP) is 1.63. The minimum Gasteiger partial charge on any atom is -0.342 e. The Balaban J connectivity index is 1.67. The minimum absolute atomic E-state index is 0.389. The van der Waals surface area contributed by atoms with Crippen LogP contribution in [0.5, 0.6) is 0 Å². The highest BCUT2D eigenvalue weighted by molar-refractivity contribution is 5.81. The normalized spacial score (nSPS) is 22.8. The lowest BCUT2D eigenvalue weighted by atomic mass is 10.0. The maximum atomic E-state index is 11.8. The molecule has 0 aromatic heterocycles. The molecule has 0 atom stereocenters. The highest BCUT2D eigenvalue weighted by Crippen LogP contribution is 2.31. The predicted molar refractivity (Wildman–Crippen MR) is 65.2 cm³/mol. The molecule has 0 spiro atoms. The summed E-state index contributed by atoms with van der Waals surface area (Å²) < 4.78 is 0. The number of nitrogens with zero attached hydrogens (tertiary/aromatic N) is 1. The van der Waals surface area contributed by atoms with Gasteiger partial charge in [0, 0.05) is 25.0 Å². The molecule has 1 saturated heterocycles. The Morgan fingerprint density at radius 1 is 1.25 bits per heavy atom. The molecule has 1 heterocycles. The lowest BCUT2D eigenvalue weighted by Gasteiger charge is -2.33. The number of amides is 1. The van der Waals surface area contributed by atoms with Crippen molar-refractivity contribution >= 4 is 5.91 Å². The van der Waals surface area contributed by atoms with E-state index in [0.29, 0.717) is 23.8 Å². The first-order chi connectivity index (χ1) is 7.66. The number of carbonyl (C=O) groups excluding carboxylic acids is 1. The summed E-state index contributed by atoms with van der Waals surface area (Å²) in [6.07, 6.45) is 4.52. The summed E-state index contributed by atoms with van der Waals surface area (Å²) in [7, 11) is 0. The molecular weight excluding hydrogens is 200 g/mol. The third kappa shape index (κ3) is 3.21. The molecule has 2 aliphatic rings. The summed E-state index contributed by atoms with van der Waals surface area (Å²) in [5.74, 6) is 1.52. The summed E-state index contributed by atoms with van der Waals surface area (Å²) in [4.78, 5) is 13.9. The number of piperidine rings is 1. The molecule has 2 rings (SSSR count). The van der Waals surface area contributed by atoms with E-state index in [1.807, 2.05) is 0 Å². The van der Waals surface area contributed by atoms with Crippen LogP contribution in [0.15, 0.2) is 0 Å². The van der Waals surface area contributed by atoms with Gasteiger partial charge in [-0.1, -0.05) is 13.8 Å². The van der Waals surface area contributed by atoms with E-state index in [4.69, 9.17) is 0 Å². The van der Waals surface area contributed by atoms with Gasteiger partial charge in [-0.2, -0.15) is 0 Å². The van der Waals surface area contributed by atoms with Crippen LogP contribution in [-0.4, -0.2) is 36.5 Å². The fourth-order valence-electron chi connectivity index (χ4n) is 2.29. The van der Waals surface area contributed by atoms with Gasteiger partial charge in [0.1, 0.15) is 0 Å². The van der Waals surface area contributed by atoms with E-state index in [2.05, 4.69) is 24.1 Å². The van der Waals surface area contributed by atoms with Gasteiger partial charge in [-0.05, 0) is 38.1 Å². The monoisotopic (exact) mass is 224 g/mol. The molecule has 3 heteroatoms. The van der Waals surface area contributed by atoms with E-state index in [1.54, 1.807) is 0 Å². The zero-order chi connectivity index (χ0) is 11.5. The lowest BCUT2D eigenvalue weighted by Crippen LogP contribution is -2.46. The van der Waals surface area contributed by atoms with Crippen molar-refractivity contribution in [2.45, 2.75) is 45.6 Å². The average Bonchev–Trinajstić information content (AvgIpc) is 3.10. The Labute approximate surface area is 98.6 Å². The lowest BCUT2D eigenvalue weighted by molar-refractivity contribution is -0.133. The first-order valence-corrected chi connectivity index (χ1v) is 6.69. The van der Waals surface area contributed by atoms with Gasteiger partial charge in [-0.15, -0.1) is 0 Å². The highest BCUT2D eigenvalue weighted by atomic mass is 16.2. The number of hydrogen-bond acceptors (Lipinski definition) is 2. The van der Waals surface area contributed by atoms with Crippen LogP contribution in [0.1, 0.15) is 39.5 Å². The topological polar surface area (TPSA) is 32.3 Å². The molecule has 16 heavy (non-hydrogen) atoms. The van der Waals surface area contributed by atoms with Crippen molar-refractivity contribution in [3.05, 3.63) is 0 Å². The second kappa shape index (κ2) is 5.17. The first-order valence-electron chi connectivity index (χ1n) is 6.69. The van der Waals surface area contributed by atoms with Crippen molar-refractivity contribution in [3.8, 4) is 0 Å². The number of nitrogens with one attached hydrogen (secondary N) is 1. The molecule has 1 amide bonds. The molecular formula is C13H24N2O. The fraction of sp³-hybridized carbons (Fsp3) is 0.923. The molecule has 0 unspecified atom stereocenters. The van der Waals surface area contributed by atoms with Crippen molar-refractivity contribution in [3.63, 3.8) is 0 Å². The second-order valence-electron chi connectivity index (χ2n) is 5.68. The van der Waals surface area contributed by atoms with E-state index < -0.39 is 0 Å². The van der Waals surface area contributed by atoms with Gasteiger partial charge in [0.05, 0.1) is 0 Å². The SMILES string of the molecule is CC(C)CNC1CCN(C(=O)C2CC2)CC1. The van der Waals surface area contributed by atoms with Crippen LogP contribution in [0, 0.1) is 11.8 Å². The third-order valence-corrected chi connectivity index (χ3v) is 3.55. The van der Waals surface area contributed by atoms with Crippen LogP contribution in [0.25, 0.3) is 0 Å². The van der Waals surface area contributed by atoms with Crippen LogP contribution in [0.2, 0.25) is 0 Å². The molecule has 92 valence electrons. The molecule has 1 N–H and O–H groups in total. The van der Waals surface area contributed by atoms with Crippen molar-refractivity contribution in [2.75, 3.05) is 19.6 Å². The number of likely N-dealkylation sites (tertiary alicyclic amines) is 1. The van der Waals surface area contributed by atoms with Crippen LogP contribution in [-0.2, 0) is 4.79 Å². The molecule has 1 aliphatic carbocycles. The largest absolute Gasteiger partial charge is 0.342 e. The van der Waals surface area contributed by atoms with Crippen molar-refractivity contribution < 1.29 is 4.79 Å². The van der Waals surface area contributed by atoms with Crippen molar-refractivity contribution in [1.29, 1.82) is 0 Å². The summed E-state index contributed by atoms with van der Waals surface area (Å²) in [5, 5.41) is 3.59. The summed E-state index contributed by atoms with van der Waals surface area (Å²) in [6, 6.07) is 0.630. The van der Waals surface area contributed by atoms with Crippen molar-refractivity contribution in [1.82, 2.24) is 10.2 Å². The molecule has 0 bridgehead atoms. The maximum Gasteiger partial charge on any atom is 0.225 e. The Bertz CT molecular complexity index is 240. The summed E-state index contributed by atoms with van der Waals surface area (Å²) in [5.41, 5.74) is 0. The van der Waals surface area contributed by atoms with Crippen LogP contribution in [0.4, 0.5) is 0 Å². The minimum atomic E-state index is 0.389. The Morgan fingerprint density at radius 3 is 2.38 bits per heavy atom. The average molecular weight is 224 g/mol. The highest BCUT2D eigenvalue weighted by Gasteiger charge is 2.34. The van der Waals surface area contributed by atoms with Gasteiger partial charge < -0.3 is 10.2 Å². The molecule has 3 nitrogen and oxygen atoms in total. The molecule has 0 aromatic carbocycles. The Kier molecular flexibility index (Phi) is 3.85. The fourth-order valence-corrected chi connectivity index (χ4v) is 2.29. The van der Waals surface area contributed by atoms with Gasteiger partial charge in [-0.3, -0.25) is 4.79 Å². The van der Waals surface area contributed by atoms with Crippen molar-refractivity contribution in [2.24, 2.45) is 11.8 Å². The smallest absolute Gasteiger partial charge is 0.225 e. The first kappa shape index (κ1) is 11.9. The van der Waals surface area contributed by atoms with E-state index in [-0.39, 0.29) is 0 Å².